The summed E-state index contributed by atoms with van der Waals surface area (Å²) in [6.07, 6.45) is 4.66. The quantitative estimate of drug-likeness (QED) is 0.659. The van der Waals surface area contributed by atoms with Gasteiger partial charge in [0.2, 0.25) is 5.91 Å². The number of carbonyl (C=O) groups excluding carboxylic acids is 2. The molecular formula is C24H22ClN3O3. The summed E-state index contributed by atoms with van der Waals surface area (Å²) in [6, 6.07) is 11.3. The zero-order valence-corrected chi connectivity index (χ0v) is 17.6. The predicted molar refractivity (Wildman–Crippen MR) is 121 cm³/mol. The van der Waals surface area contributed by atoms with Crippen LogP contribution in [0.15, 0.2) is 36.4 Å². The van der Waals surface area contributed by atoms with E-state index < -0.39 is 5.91 Å². The van der Waals surface area contributed by atoms with Crippen LogP contribution in [0.1, 0.15) is 16.8 Å². The minimum absolute atomic E-state index is 0.110. The van der Waals surface area contributed by atoms with Gasteiger partial charge in [-0.3, -0.25) is 9.59 Å². The number of nitrogens with zero attached hydrogens (tertiary/aromatic N) is 1. The molecule has 7 heteroatoms. The van der Waals surface area contributed by atoms with E-state index in [1.807, 2.05) is 41.3 Å². The third kappa shape index (κ3) is 3.62. The highest BCUT2D eigenvalue weighted by atomic mass is 35.5. The topological polar surface area (TPSA) is 88.4 Å². The van der Waals surface area contributed by atoms with Crippen molar-refractivity contribution in [3.63, 3.8) is 0 Å². The van der Waals surface area contributed by atoms with Crippen LogP contribution in [0.5, 0.6) is 0 Å². The molecule has 2 amide bonds. The summed E-state index contributed by atoms with van der Waals surface area (Å²) in [6.45, 7) is 2.40. The van der Waals surface area contributed by atoms with Gasteiger partial charge in [-0.2, -0.15) is 0 Å². The summed E-state index contributed by atoms with van der Waals surface area (Å²) in [5, 5.41) is 3.37. The maximum absolute atomic E-state index is 12.9. The number of morpholine rings is 1. The van der Waals surface area contributed by atoms with Gasteiger partial charge in [-0.25, -0.2) is 0 Å². The molecule has 1 atom stereocenters. The molecule has 1 aliphatic carbocycles. The first kappa shape index (κ1) is 19.8. The fourth-order valence-electron chi connectivity index (χ4n) is 4.42. The molecule has 1 saturated heterocycles. The third-order valence-corrected chi connectivity index (χ3v) is 6.22. The van der Waals surface area contributed by atoms with Gasteiger partial charge in [0, 0.05) is 34.1 Å². The van der Waals surface area contributed by atoms with Crippen molar-refractivity contribution >= 4 is 46.5 Å². The molecular weight excluding hydrogens is 414 g/mol. The number of benzene rings is 2. The second-order valence-electron chi connectivity index (χ2n) is 7.92. The zero-order valence-electron chi connectivity index (χ0n) is 16.9. The Morgan fingerprint density at radius 1 is 1.13 bits per heavy atom. The van der Waals surface area contributed by atoms with Crippen LogP contribution in [0, 0.1) is 5.92 Å². The van der Waals surface area contributed by atoms with Gasteiger partial charge in [-0.05, 0) is 47.9 Å². The Balaban J connectivity index is 1.63. The number of amides is 2. The number of carbonyl (C=O) groups is 2. The van der Waals surface area contributed by atoms with Gasteiger partial charge in [0.15, 0.2) is 0 Å². The van der Waals surface area contributed by atoms with Gasteiger partial charge in [0.05, 0.1) is 30.2 Å². The number of aromatic amines is 1. The van der Waals surface area contributed by atoms with Gasteiger partial charge < -0.3 is 20.4 Å². The average molecular weight is 436 g/mol. The molecule has 2 aromatic carbocycles. The Bertz CT molecular complexity index is 1320. The van der Waals surface area contributed by atoms with Gasteiger partial charge in [0.25, 0.3) is 5.91 Å². The maximum atomic E-state index is 12.9. The lowest BCUT2D eigenvalue weighted by Crippen LogP contribution is -2.44. The van der Waals surface area contributed by atoms with Crippen molar-refractivity contribution in [2.24, 2.45) is 11.7 Å². The lowest BCUT2D eigenvalue weighted by atomic mass is 9.96. The monoisotopic (exact) mass is 435 g/mol. The fourth-order valence-corrected chi connectivity index (χ4v) is 4.61. The van der Waals surface area contributed by atoms with Crippen LogP contribution >= 0.6 is 11.6 Å². The van der Waals surface area contributed by atoms with Crippen LogP contribution in [0.2, 0.25) is 5.02 Å². The van der Waals surface area contributed by atoms with Gasteiger partial charge in [0.1, 0.15) is 0 Å². The first-order valence-corrected chi connectivity index (χ1v) is 10.7. The van der Waals surface area contributed by atoms with E-state index in [0.717, 1.165) is 27.1 Å². The number of nitrogens with two attached hydrogens (primary N) is 1. The average Bonchev–Trinajstić information content (AvgIpc) is 3.16. The molecule has 3 N–H and O–H groups in total. The summed E-state index contributed by atoms with van der Waals surface area (Å²) in [7, 11) is 0. The van der Waals surface area contributed by atoms with Crippen molar-refractivity contribution in [3.05, 3.63) is 57.6 Å². The first-order chi connectivity index (χ1) is 15.0. The number of fused-ring (bicyclic) bond motifs is 3. The third-order valence-electron chi connectivity index (χ3n) is 5.99. The molecule has 1 fully saturated rings. The van der Waals surface area contributed by atoms with Gasteiger partial charge in [-0.1, -0.05) is 29.8 Å². The summed E-state index contributed by atoms with van der Waals surface area (Å²) in [5.74, 6) is -0.630. The predicted octanol–water partition coefficient (Wildman–Crippen LogP) is 2.03. The molecule has 0 spiro atoms. The van der Waals surface area contributed by atoms with Crippen LogP contribution in [-0.2, 0) is 9.53 Å². The number of hydrogen-bond donors (Lipinski definition) is 2. The van der Waals surface area contributed by atoms with E-state index in [1.165, 1.54) is 0 Å². The standard InChI is InChI=1S/C24H22ClN3O3/c25-17-3-1-2-14(10-17)16-11-19-18-5-4-15(24(30)28-6-8-31-9-7-28)13-21(18)27-22(19)20(12-16)23(26)29/h1-3,5,10-13,15,27H,4,6-9H2,(H2,26,29). The zero-order chi connectivity index (χ0) is 21.5. The summed E-state index contributed by atoms with van der Waals surface area (Å²) >= 11 is 6.17. The van der Waals surface area contributed by atoms with Crippen LogP contribution in [0.25, 0.3) is 34.2 Å². The number of H-pyrrole nitrogens is 1. The van der Waals surface area contributed by atoms with E-state index in [2.05, 4.69) is 11.1 Å². The minimum Gasteiger partial charge on any atom is -0.378 e. The van der Waals surface area contributed by atoms with E-state index in [1.54, 1.807) is 6.07 Å². The highest BCUT2D eigenvalue weighted by Gasteiger charge is 2.25. The Morgan fingerprint density at radius 2 is 1.94 bits per heavy atom. The number of rotatable bonds is 3. The van der Waals surface area contributed by atoms with Crippen molar-refractivity contribution in [2.45, 2.75) is 6.42 Å². The summed E-state index contributed by atoms with van der Waals surface area (Å²) in [4.78, 5) is 30.4. The molecule has 0 saturated carbocycles. The second kappa shape index (κ2) is 7.87. The number of nitrogens with one attached hydrogen (secondary N) is 1. The molecule has 3 aromatic rings. The lowest BCUT2D eigenvalue weighted by molar-refractivity contribution is -0.137. The normalized spacial score (nSPS) is 18.2. The number of primary amides is 1. The SMILES string of the molecule is NC(=O)c1cc(-c2cccc(Cl)c2)cc2c3c([nH]c12)=CC(C(=O)N1CCOCC1)CC=3. The van der Waals surface area contributed by atoms with E-state index in [0.29, 0.717) is 48.8 Å². The molecule has 2 aliphatic rings. The van der Waals surface area contributed by atoms with Crippen LogP contribution in [0.4, 0.5) is 0 Å². The number of ether oxygens (including phenoxy) is 1. The van der Waals surface area contributed by atoms with Crippen LogP contribution < -0.4 is 16.3 Å². The van der Waals surface area contributed by atoms with E-state index in [4.69, 9.17) is 22.1 Å². The van der Waals surface area contributed by atoms with Gasteiger partial charge in [-0.15, -0.1) is 0 Å². The van der Waals surface area contributed by atoms with Crippen molar-refractivity contribution in [2.75, 3.05) is 26.3 Å². The molecule has 158 valence electrons. The van der Waals surface area contributed by atoms with E-state index >= 15 is 0 Å². The molecule has 1 aliphatic heterocycles. The largest absolute Gasteiger partial charge is 0.378 e. The number of hydrogen-bond acceptors (Lipinski definition) is 3. The Morgan fingerprint density at radius 3 is 2.68 bits per heavy atom. The molecule has 6 nitrogen and oxygen atoms in total. The second-order valence-corrected chi connectivity index (χ2v) is 8.36. The van der Waals surface area contributed by atoms with Crippen molar-refractivity contribution in [1.29, 1.82) is 0 Å². The highest BCUT2D eigenvalue weighted by molar-refractivity contribution is 6.30. The van der Waals surface area contributed by atoms with Gasteiger partial charge >= 0.3 is 0 Å². The van der Waals surface area contributed by atoms with Crippen molar-refractivity contribution in [3.8, 4) is 11.1 Å². The summed E-state index contributed by atoms with van der Waals surface area (Å²) in [5.41, 5.74) is 8.59. The van der Waals surface area contributed by atoms with Crippen LogP contribution in [0.3, 0.4) is 0 Å². The Kier molecular flexibility index (Phi) is 5.04. The molecule has 0 radical (unpaired) electrons. The minimum atomic E-state index is -0.506. The lowest BCUT2D eigenvalue weighted by Gasteiger charge is -2.29. The van der Waals surface area contributed by atoms with Crippen LogP contribution in [-0.4, -0.2) is 48.0 Å². The number of halogens is 1. The molecule has 0 bridgehead atoms. The van der Waals surface area contributed by atoms with E-state index in [-0.39, 0.29) is 11.8 Å². The van der Waals surface area contributed by atoms with Crippen molar-refractivity contribution in [1.82, 2.24) is 9.88 Å². The smallest absolute Gasteiger partial charge is 0.250 e. The Labute approximate surface area is 183 Å². The molecule has 1 unspecified atom stereocenters. The number of aromatic nitrogens is 1. The fraction of sp³-hybridized carbons (Fsp3) is 0.250. The molecule has 5 rings (SSSR count). The summed E-state index contributed by atoms with van der Waals surface area (Å²) < 4.78 is 5.35. The first-order valence-electron chi connectivity index (χ1n) is 10.3. The molecule has 2 heterocycles. The highest BCUT2D eigenvalue weighted by Crippen LogP contribution is 2.27. The van der Waals surface area contributed by atoms with Crippen molar-refractivity contribution < 1.29 is 14.3 Å². The molecule has 31 heavy (non-hydrogen) atoms. The maximum Gasteiger partial charge on any atom is 0.250 e. The van der Waals surface area contributed by atoms with E-state index in [9.17, 15) is 9.59 Å². The Hall–Kier alpha value is -3.09. The molecule has 1 aromatic heterocycles.